The van der Waals surface area contributed by atoms with Crippen LogP contribution in [0.25, 0.3) is 0 Å². The van der Waals surface area contributed by atoms with E-state index in [0.717, 1.165) is 14.7 Å². The molecular weight excluding hydrogens is 507 g/mol. The topological polar surface area (TPSA) is 43.4 Å². The average Bonchev–Trinajstić information content (AvgIpc) is 2.87. The smallest absolute Gasteiger partial charge is 0.345 e. The van der Waals surface area contributed by atoms with Crippen LogP contribution in [-0.2, 0) is 10.1 Å². The molecule has 10 heteroatoms. The van der Waals surface area contributed by atoms with Crippen LogP contribution in [0.2, 0.25) is 0 Å². The van der Waals surface area contributed by atoms with Gasteiger partial charge in [0.25, 0.3) is 0 Å². The maximum absolute atomic E-state index is 14.0. The van der Waals surface area contributed by atoms with Crippen molar-refractivity contribution in [2.75, 3.05) is 6.26 Å². The molecule has 0 fully saturated rings. The summed E-state index contributed by atoms with van der Waals surface area (Å²) >= 11 is 0. The Morgan fingerprint density at radius 2 is 0.914 bits per heavy atom. The minimum absolute atomic E-state index is 0.361. The van der Waals surface area contributed by atoms with Gasteiger partial charge in [0.1, 0.15) is 5.75 Å². The molecule has 4 rings (SSSR count). The van der Waals surface area contributed by atoms with Crippen LogP contribution in [0.5, 0.6) is 5.75 Å². The van der Waals surface area contributed by atoms with Gasteiger partial charge < -0.3 is 4.18 Å². The van der Waals surface area contributed by atoms with Gasteiger partial charge in [-0.1, -0.05) is 36.4 Å². The SMILES string of the molecule is CS(c1ccccc1)(c1ccccc1)c1ccc(OS(=O)(=O)c2c(F)c(F)c(F)c(F)c2F)cc1. The van der Waals surface area contributed by atoms with E-state index in [0.29, 0.717) is 0 Å². The van der Waals surface area contributed by atoms with E-state index in [1.807, 2.05) is 60.7 Å². The van der Waals surface area contributed by atoms with E-state index < -0.39 is 54.1 Å². The van der Waals surface area contributed by atoms with Gasteiger partial charge in [0.15, 0.2) is 28.2 Å². The molecule has 3 nitrogen and oxygen atoms in total. The van der Waals surface area contributed by atoms with Crippen LogP contribution in [0.3, 0.4) is 0 Å². The zero-order valence-electron chi connectivity index (χ0n) is 18.0. The Kier molecular flexibility index (Phi) is 6.61. The standard InChI is InChI=1S/C25H17F5O3S2/c1-34(17-8-4-2-5-9-17,18-10-6-3-7-11-18)19-14-12-16(13-15-19)33-35(31,32)25-23(29)21(27)20(26)22(28)24(25)30/h2-15H,1H3. The van der Waals surface area contributed by atoms with Crippen molar-refractivity contribution in [3.8, 4) is 5.75 Å². The minimum Gasteiger partial charge on any atom is -0.379 e. The van der Waals surface area contributed by atoms with Gasteiger partial charge in [-0.15, -0.1) is 0 Å². The van der Waals surface area contributed by atoms with Gasteiger partial charge in [-0.05, 0) is 69.5 Å². The van der Waals surface area contributed by atoms with Gasteiger partial charge >= 0.3 is 10.1 Å². The monoisotopic (exact) mass is 524 g/mol. The van der Waals surface area contributed by atoms with Crippen LogP contribution in [0, 0.1) is 29.1 Å². The number of rotatable bonds is 6. The second kappa shape index (κ2) is 9.35. The number of hydrogen-bond acceptors (Lipinski definition) is 3. The molecule has 4 aromatic rings. The van der Waals surface area contributed by atoms with E-state index in [9.17, 15) is 30.4 Å². The van der Waals surface area contributed by atoms with E-state index >= 15 is 0 Å². The van der Waals surface area contributed by atoms with Gasteiger partial charge in [0.05, 0.1) is 0 Å². The molecule has 0 heterocycles. The van der Waals surface area contributed by atoms with E-state index in [2.05, 4.69) is 6.26 Å². The molecule has 0 amide bonds. The van der Waals surface area contributed by atoms with Crippen molar-refractivity contribution in [2.45, 2.75) is 19.6 Å². The number of benzene rings is 4. The molecule has 0 aliphatic carbocycles. The molecule has 182 valence electrons. The summed E-state index contributed by atoms with van der Waals surface area (Å²) in [5.74, 6) is -12.6. The second-order valence-corrected chi connectivity index (χ2v) is 12.2. The van der Waals surface area contributed by atoms with Crippen LogP contribution in [0.15, 0.2) is 105 Å². The Hall–Kier alpha value is -3.37. The summed E-state index contributed by atoms with van der Waals surface area (Å²) in [5, 5.41) is 0. The summed E-state index contributed by atoms with van der Waals surface area (Å²) in [7, 11) is -7.16. The molecule has 0 saturated carbocycles. The highest BCUT2D eigenvalue weighted by molar-refractivity contribution is 8.33. The lowest BCUT2D eigenvalue weighted by Gasteiger charge is -2.37. The average molecular weight is 525 g/mol. The Balaban J connectivity index is 1.74. The molecule has 0 spiro atoms. The van der Waals surface area contributed by atoms with Crippen LogP contribution in [0.1, 0.15) is 0 Å². The quantitative estimate of drug-likeness (QED) is 0.117. The number of hydrogen-bond donors (Lipinski definition) is 0. The van der Waals surface area contributed by atoms with E-state index in [1.54, 1.807) is 12.1 Å². The Bertz CT molecular complexity index is 1410. The van der Waals surface area contributed by atoms with Crippen molar-refractivity contribution in [1.29, 1.82) is 0 Å². The third kappa shape index (κ3) is 4.39. The van der Waals surface area contributed by atoms with Crippen molar-refractivity contribution in [3.63, 3.8) is 0 Å². The fourth-order valence-electron chi connectivity index (χ4n) is 3.53. The Morgan fingerprint density at radius 3 is 1.34 bits per heavy atom. The highest BCUT2D eigenvalue weighted by Gasteiger charge is 2.35. The van der Waals surface area contributed by atoms with E-state index in [-0.39, 0.29) is 5.75 Å². The fraction of sp³-hybridized carbons (Fsp3) is 0.0400. The second-order valence-electron chi connectivity index (χ2n) is 7.45. The maximum Gasteiger partial charge on any atom is 0.345 e. The first-order valence-corrected chi connectivity index (χ1v) is 13.5. The molecule has 0 aromatic heterocycles. The highest BCUT2D eigenvalue weighted by atomic mass is 32.3. The molecule has 0 radical (unpaired) electrons. The van der Waals surface area contributed by atoms with Crippen LogP contribution < -0.4 is 4.18 Å². The van der Waals surface area contributed by atoms with Gasteiger partial charge in [-0.3, -0.25) is 0 Å². The summed E-state index contributed by atoms with van der Waals surface area (Å²) < 4.78 is 97.9. The summed E-state index contributed by atoms with van der Waals surface area (Å²) in [4.78, 5) is 0.806. The maximum atomic E-state index is 14.0. The highest BCUT2D eigenvalue weighted by Crippen LogP contribution is 2.65. The third-order valence-corrected chi connectivity index (χ3v) is 10.3. The van der Waals surface area contributed by atoms with Gasteiger partial charge in [0.2, 0.25) is 5.82 Å². The zero-order valence-corrected chi connectivity index (χ0v) is 19.6. The predicted octanol–water partition coefficient (Wildman–Crippen LogP) is 7.06. The summed E-state index contributed by atoms with van der Waals surface area (Å²) in [5.41, 5.74) is 0. The fourth-order valence-corrected chi connectivity index (χ4v) is 7.50. The molecule has 0 bridgehead atoms. The van der Waals surface area contributed by atoms with Gasteiger partial charge in [-0.2, -0.15) is 18.4 Å². The summed E-state index contributed by atoms with van der Waals surface area (Å²) in [6.07, 6.45) is 2.05. The molecule has 0 aliphatic heterocycles. The largest absolute Gasteiger partial charge is 0.379 e. The van der Waals surface area contributed by atoms with Crippen LogP contribution in [-0.4, -0.2) is 14.7 Å². The molecular formula is C25H17F5O3S2. The van der Waals surface area contributed by atoms with Crippen molar-refractivity contribution in [3.05, 3.63) is 114 Å². The lowest BCUT2D eigenvalue weighted by molar-refractivity contribution is 0.352. The zero-order chi connectivity index (χ0) is 25.4. The van der Waals surface area contributed by atoms with Crippen molar-refractivity contribution in [2.24, 2.45) is 0 Å². The first kappa shape index (κ1) is 24.7. The first-order valence-electron chi connectivity index (χ1n) is 10.0. The minimum atomic E-state index is -5.38. The first-order chi connectivity index (χ1) is 16.6. The summed E-state index contributed by atoms with van der Waals surface area (Å²) in [6, 6.07) is 25.0. The lowest BCUT2D eigenvalue weighted by atomic mass is 10.3. The Morgan fingerprint density at radius 1 is 0.543 bits per heavy atom. The van der Waals surface area contributed by atoms with Crippen molar-refractivity contribution >= 4 is 20.1 Å². The van der Waals surface area contributed by atoms with E-state index in [1.165, 1.54) is 12.1 Å². The Labute approximate surface area is 200 Å². The molecule has 0 saturated heterocycles. The third-order valence-electron chi connectivity index (χ3n) is 5.35. The molecule has 4 aromatic carbocycles. The molecule has 0 atom stereocenters. The van der Waals surface area contributed by atoms with Crippen molar-refractivity contribution in [1.82, 2.24) is 0 Å². The molecule has 0 unspecified atom stereocenters. The molecule has 0 aliphatic rings. The summed E-state index contributed by atoms with van der Waals surface area (Å²) in [6.45, 7) is 0. The van der Waals surface area contributed by atoms with Gasteiger partial charge in [0, 0.05) is 0 Å². The van der Waals surface area contributed by atoms with Crippen LogP contribution in [0.4, 0.5) is 22.0 Å². The predicted molar refractivity (Wildman–Crippen MR) is 122 cm³/mol. The van der Waals surface area contributed by atoms with Gasteiger partial charge in [-0.25, -0.2) is 22.0 Å². The lowest BCUT2D eigenvalue weighted by Crippen LogP contribution is -2.17. The molecule has 35 heavy (non-hydrogen) atoms. The van der Waals surface area contributed by atoms with Crippen molar-refractivity contribution < 1.29 is 34.6 Å². The van der Waals surface area contributed by atoms with E-state index in [4.69, 9.17) is 4.18 Å². The van der Waals surface area contributed by atoms with Crippen LogP contribution >= 0.6 is 10.0 Å². The normalized spacial score (nSPS) is 12.4. The number of halogens is 5. The molecule has 0 N–H and O–H groups in total.